The molecule has 0 spiro atoms. The maximum absolute atomic E-state index is 11.6. The van der Waals surface area contributed by atoms with Crippen molar-refractivity contribution in [3.8, 4) is 0 Å². The highest BCUT2D eigenvalue weighted by atomic mass is 16.4. The number of carbonyl (C=O) groups excluding carboxylic acids is 1. The maximum Gasteiger partial charge on any atom is 0.323 e. The van der Waals surface area contributed by atoms with Crippen LogP contribution in [0.3, 0.4) is 0 Å². The van der Waals surface area contributed by atoms with Gasteiger partial charge in [-0.2, -0.15) is 0 Å². The van der Waals surface area contributed by atoms with Crippen LogP contribution in [0.4, 0.5) is 0 Å². The molecule has 0 radical (unpaired) electrons. The van der Waals surface area contributed by atoms with Crippen molar-refractivity contribution in [1.82, 2.24) is 4.90 Å². The number of carbonyl (C=O) groups is 2. The zero-order chi connectivity index (χ0) is 10.8. The Bertz CT molecular complexity index is 311. The molecule has 1 heterocycles. The van der Waals surface area contributed by atoms with Gasteiger partial charge in [0.15, 0.2) is 0 Å². The second-order valence-electron chi connectivity index (χ2n) is 4.16. The number of likely N-dealkylation sites (tertiary alicyclic amines) is 1. The quantitative estimate of drug-likeness (QED) is 0.546. The van der Waals surface area contributed by atoms with E-state index in [-0.39, 0.29) is 24.4 Å². The van der Waals surface area contributed by atoms with Gasteiger partial charge in [0, 0.05) is 6.04 Å². The van der Waals surface area contributed by atoms with E-state index in [1.807, 2.05) is 0 Å². The fourth-order valence-electron chi connectivity index (χ4n) is 2.47. The Morgan fingerprint density at radius 3 is 2.73 bits per heavy atom. The third kappa shape index (κ3) is 1.89. The normalized spacial score (nSPS) is 32.3. The lowest BCUT2D eigenvalue weighted by atomic mass is 9.80. The van der Waals surface area contributed by atoms with Crippen molar-refractivity contribution in [3.05, 3.63) is 12.2 Å². The van der Waals surface area contributed by atoms with Gasteiger partial charge in [-0.15, -0.1) is 0 Å². The first-order valence-corrected chi connectivity index (χ1v) is 5.37. The molecule has 0 saturated carbocycles. The van der Waals surface area contributed by atoms with Crippen LogP contribution in [0.5, 0.6) is 0 Å². The van der Waals surface area contributed by atoms with Crippen molar-refractivity contribution >= 4 is 11.9 Å². The zero-order valence-electron chi connectivity index (χ0n) is 8.56. The van der Waals surface area contributed by atoms with E-state index >= 15 is 0 Å². The first kappa shape index (κ1) is 10.2. The minimum Gasteiger partial charge on any atom is -0.480 e. The van der Waals surface area contributed by atoms with E-state index in [0.717, 1.165) is 25.7 Å². The molecule has 0 aromatic rings. The molecule has 0 aromatic heterocycles. The van der Waals surface area contributed by atoms with Gasteiger partial charge in [0.2, 0.25) is 5.91 Å². The number of carboxylic acid groups (broad SMARTS) is 1. The molecule has 0 bridgehead atoms. The van der Waals surface area contributed by atoms with E-state index in [9.17, 15) is 9.59 Å². The summed E-state index contributed by atoms with van der Waals surface area (Å²) < 4.78 is 0. The van der Waals surface area contributed by atoms with Crippen LogP contribution in [0.2, 0.25) is 0 Å². The number of aliphatic carboxylic acids is 1. The summed E-state index contributed by atoms with van der Waals surface area (Å²) in [7, 11) is 0. The Hall–Kier alpha value is -1.32. The molecule has 15 heavy (non-hydrogen) atoms. The highest BCUT2D eigenvalue weighted by molar-refractivity contribution is 5.89. The van der Waals surface area contributed by atoms with Crippen molar-refractivity contribution in [3.63, 3.8) is 0 Å². The smallest absolute Gasteiger partial charge is 0.323 e. The standard InChI is InChI=1S/C11H15NO3/c13-10(14)7-12-9-6-4-2-1-3-5-8(9)11(12)15/h1-2,8-9H,3-7H2,(H,13,14)/b2-1+. The first-order chi connectivity index (χ1) is 7.20. The van der Waals surface area contributed by atoms with Crippen molar-refractivity contribution in [2.45, 2.75) is 31.7 Å². The average Bonchev–Trinajstić information content (AvgIpc) is 2.15. The second kappa shape index (κ2) is 4.04. The number of β-lactam (4-membered cyclic amide) rings is 1. The van der Waals surface area contributed by atoms with Crippen molar-refractivity contribution < 1.29 is 14.7 Å². The SMILES string of the molecule is O=C(O)CN1C(=O)C2CC/C=C/CCC21. The molecule has 1 saturated heterocycles. The molecule has 0 aromatic carbocycles. The van der Waals surface area contributed by atoms with Gasteiger partial charge in [-0.25, -0.2) is 0 Å². The summed E-state index contributed by atoms with van der Waals surface area (Å²) in [5.74, 6) is -0.814. The van der Waals surface area contributed by atoms with Crippen LogP contribution < -0.4 is 0 Å². The molecule has 2 unspecified atom stereocenters. The summed E-state index contributed by atoms with van der Waals surface area (Å²) in [4.78, 5) is 23.7. The Labute approximate surface area is 88.6 Å². The molecule has 1 N–H and O–H groups in total. The Balaban J connectivity index is 2.02. The van der Waals surface area contributed by atoms with Crippen LogP contribution in [0.25, 0.3) is 0 Å². The number of hydrogen-bond acceptors (Lipinski definition) is 2. The van der Waals surface area contributed by atoms with Gasteiger partial charge in [0.05, 0.1) is 5.92 Å². The topological polar surface area (TPSA) is 57.6 Å². The largest absolute Gasteiger partial charge is 0.480 e. The highest BCUT2D eigenvalue weighted by Crippen LogP contribution is 2.34. The van der Waals surface area contributed by atoms with Crippen LogP contribution >= 0.6 is 0 Å². The molecular formula is C11H15NO3. The molecule has 1 aliphatic carbocycles. The number of rotatable bonds is 2. The molecule has 2 atom stereocenters. The zero-order valence-corrected chi connectivity index (χ0v) is 8.56. The molecule has 82 valence electrons. The molecule has 1 amide bonds. The van der Waals surface area contributed by atoms with Crippen molar-refractivity contribution in [1.29, 1.82) is 0 Å². The third-order valence-electron chi connectivity index (χ3n) is 3.21. The van der Waals surface area contributed by atoms with Gasteiger partial charge < -0.3 is 10.0 Å². The van der Waals surface area contributed by atoms with E-state index in [0.29, 0.717) is 0 Å². The molecule has 2 aliphatic rings. The van der Waals surface area contributed by atoms with E-state index in [1.54, 1.807) is 0 Å². The Morgan fingerprint density at radius 2 is 2.07 bits per heavy atom. The van der Waals surface area contributed by atoms with Gasteiger partial charge in [-0.3, -0.25) is 9.59 Å². The van der Waals surface area contributed by atoms with Crippen LogP contribution in [-0.4, -0.2) is 34.5 Å². The summed E-state index contributed by atoms with van der Waals surface area (Å²) in [6.45, 7) is -0.135. The number of hydrogen-bond donors (Lipinski definition) is 1. The minimum atomic E-state index is -0.917. The van der Waals surface area contributed by atoms with Gasteiger partial charge in [0.1, 0.15) is 6.54 Å². The molecule has 2 rings (SSSR count). The van der Waals surface area contributed by atoms with Gasteiger partial charge in [-0.05, 0) is 25.7 Å². The number of carboxylic acids is 1. The van der Waals surface area contributed by atoms with Crippen molar-refractivity contribution in [2.75, 3.05) is 6.54 Å². The fourth-order valence-corrected chi connectivity index (χ4v) is 2.47. The monoisotopic (exact) mass is 209 g/mol. The van der Waals surface area contributed by atoms with Gasteiger partial charge >= 0.3 is 5.97 Å². The molecule has 1 aliphatic heterocycles. The molecular weight excluding hydrogens is 194 g/mol. The number of amides is 1. The summed E-state index contributed by atoms with van der Waals surface area (Å²) in [5, 5.41) is 8.67. The lowest BCUT2D eigenvalue weighted by Gasteiger charge is -2.47. The van der Waals surface area contributed by atoms with Crippen LogP contribution in [0.1, 0.15) is 25.7 Å². The Morgan fingerprint density at radius 1 is 1.40 bits per heavy atom. The lowest BCUT2D eigenvalue weighted by Crippen LogP contribution is -2.62. The van der Waals surface area contributed by atoms with Gasteiger partial charge in [0.25, 0.3) is 0 Å². The lowest BCUT2D eigenvalue weighted by molar-refractivity contribution is -0.163. The average molecular weight is 209 g/mol. The van der Waals surface area contributed by atoms with Crippen LogP contribution in [-0.2, 0) is 9.59 Å². The van der Waals surface area contributed by atoms with Crippen LogP contribution in [0.15, 0.2) is 12.2 Å². The summed E-state index contributed by atoms with van der Waals surface area (Å²) >= 11 is 0. The minimum absolute atomic E-state index is 0.0256. The first-order valence-electron chi connectivity index (χ1n) is 5.37. The summed E-state index contributed by atoms with van der Waals surface area (Å²) in [5.41, 5.74) is 0. The number of fused-ring (bicyclic) bond motifs is 1. The third-order valence-corrected chi connectivity index (χ3v) is 3.21. The predicted octanol–water partition coefficient (Wildman–Crippen LogP) is 1.03. The van der Waals surface area contributed by atoms with Crippen molar-refractivity contribution in [2.24, 2.45) is 5.92 Å². The van der Waals surface area contributed by atoms with E-state index in [1.165, 1.54) is 4.90 Å². The molecule has 4 nitrogen and oxygen atoms in total. The number of nitrogens with zero attached hydrogens (tertiary/aromatic N) is 1. The summed E-state index contributed by atoms with van der Waals surface area (Å²) in [6, 6.07) is 0.165. The van der Waals surface area contributed by atoms with E-state index in [4.69, 9.17) is 5.11 Å². The molecule has 4 heteroatoms. The van der Waals surface area contributed by atoms with Crippen LogP contribution in [0, 0.1) is 5.92 Å². The Kier molecular flexibility index (Phi) is 2.75. The number of allylic oxidation sites excluding steroid dienone is 2. The van der Waals surface area contributed by atoms with E-state index in [2.05, 4.69) is 12.2 Å². The highest BCUT2D eigenvalue weighted by Gasteiger charge is 2.46. The predicted molar refractivity (Wildman–Crippen MR) is 54.2 cm³/mol. The second-order valence-corrected chi connectivity index (χ2v) is 4.16. The fraction of sp³-hybridized carbons (Fsp3) is 0.636. The summed E-state index contributed by atoms with van der Waals surface area (Å²) in [6.07, 6.45) is 7.90. The molecule has 1 fully saturated rings. The maximum atomic E-state index is 11.6. The van der Waals surface area contributed by atoms with E-state index < -0.39 is 5.97 Å². The van der Waals surface area contributed by atoms with Gasteiger partial charge in [-0.1, -0.05) is 12.2 Å².